The first-order valence-corrected chi connectivity index (χ1v) is 5.45. The molecule has 1 amide bonds. The maximum atomic E-state index is 12.0. The summed E-state index contributed by atoms with van der Waals surface area (Å²) in [5.74, 6) is -0.0109. The third kappa shape index (κ3) is 2.23. The Kier molecular flexibility index (Phi) is 3.11. The van der Waals surface area contributed by atoms with Gasteiger partial charge in [-0.05, 0) is 26.0 Å². The van der Waals surface area contributed by atoms with Gasteiger partial charge in [0.2, 0.25) is 0 Å². The highest BCUT2D eigenvalue weighted by atomic mass is 16.1. The Labute approximate surface area is 104 Å². The highest BCUT2D eigenvalue weighted by Gasteiger charge is 2.13. The number of nitriles is 1. The van der Waals surface area contributed by atoms with Crippen molar-refractivity contribution in [3.8, 4) is 6.07 Å². The molecule has 1 heterocycles. The number of H-pyrrole nitrogens is 1. The van der Waals surface area contributed by atoms with Crippen molar-refractivity contribution in [3.05, 3.63) is 46.6 Å². The SMILES string of the molecule is Cc1cccc(C(=O)Nc2n[nH]c(C)c2C#N)c1. The van der Waals surface area contributed by atoms with Crippen LogP contribution in [0, 0.1) is 25.2 Å². The third-order valence-electron chi connectivity index (χ3n) is 2.57. The van der Waals surface area contributed by atoms with Crippen molar-refractivity contribution in [2.45, 2.75) is 13.8 Å². The standard InChI is InChI=1S/C13H12N4O/c1-8-4-3-5-10(6-8)13(18)15-12-11(7-14)9(2)16-17-12/h3-6H,1-2H3,(H2,15,16,17,18). The van der Waals surface area contributed by atoms with Gasteiger partial charge in [-0.25, -0.2) is 0 Å². The van der Waals surface area contributed by atoms with Crippen molar-refractivity contribution < 1.29 is 4.79 Å². The lowest BCUT2D eigenvalue weighted by Crippen LogP contribution is -2.13. The largest absolute Gasteiger partial charge is 0.304 e. The molecular formula is C13H12N4O. The van der Waals surface area contributed by atoms with Crippen LogP contribution < -0.4 is 5.32 Å². The van der Waals surface area contributed by atoms with Gasteiger partial charge in [0.15, 0.2) is 5.82 Å². The molecule has 0 aliphatic carbocycles. The summed E-state index contributed by atoms with van der Waals surface area (Å²) in [4.78, 5) is 12.0. The number of carbonyl (C=O) groups excluding carboxylic acids is 1. The van der Waals surface area contributed by atoms with E-state index in [1.807, 2.05) is 25.1 Å². The molecule has 0 aliphatic rings. The second-order valence-corrected chi connectivity index (χ2v) is 4.01. The van der Waals surface area contributed by atoms with Gasteiger partial charge in [-0.1, -0.05) is 17.7 Å². The summed E-state index contributed by atoms with van der Waals surface area (Å²) >= 11 is 0. The van der Waals surface area contributed by atoms with Crippen molar-refractivity contribution in [3.63, 3.8) is 0 Å². The van der Waals surface area contributed by atoms with Gasteiger partial charge in [0.05, 0.1) is 5.69 Å². The van der Waals surface area contributed by atoms with Crippen LogP contribution in [0.15, 0.2) is 24.3 Å². The molecule has 2 N–H and O–H groups in total. The zero-order valence-electron chi connectivity index (χ0n) is 10.1. The number of amides is 1. The second-order valence-electron chi connectivity index (χ2n) is 4.01. The Hall–Kier alpha value is -2.61. The van der Waals surface area contributed by atoms with Gasteiger partial charge >= 0.3 is 0 Å². The van der Waals surface area contributed by atoms with Crippen molar-refractivity contribution in [2.24, 2.45) is 0 Å². The van der Waals surface area contributed by atoms with E-state index in [1.165, 1.54) is 0 Å². The number of hydrogen-bond donors (Lipinski definition) is 2. The first-order chi connectivity index (χ1) is 8.61. The average Bonchev–Trinajstić information content (AvgIpc) is 2.69. The summed E-state index contributed by atoms with van der Waals surface area (Å²) in [5.41, 5.74) is 2.54. The van der Waals surface area contributed by atoms with Crippen molar-refractivity contribution in [1.82, 2.24) is 10.2 Å². The summed E-state index contributed by atoms with van der Waals surface area (Å²) in [6.07, 6.45) is 0. The Morgan fingerprint density at radius 1 is 1.44 bits per heavy atom. The topological polar surface area (TPSA) is 81.6 Å². The number of anilines is 1. The molecule has 0 unspecified atom stereocenters. The molecule has 0 radical (unpaired) electrons. The van der Waals surface area contributed by atoms with Crippen LogP contribution in [0.2, 0.25) is 0 Å². The van der Waals surface area contributed by atoms with Crippen molar-refractivity contribution >= 4 is 11.7 Å². The Balaban J connectivity index is 2.25. The van der Waals surface area contributed by atoms with Gasteiger partial charge in [-0.2, -0.15) is 10.4 Å². The first-order valence-electron chi connectivity index (χ1n) is 5.45. The lowest BCUT2D eigenvalue weighted by molar-refractivity contribution is 0.102. The van der Waals surface area contributed by atoms with Gasteiger partial charge in [0.25, 0.3) is 5.91 Å². The number of hydrogen-bond acceptors (Lipinski definition) is 3. The molecule has 2 rings (SSSR count). The van der Waals surface area contributed by atoms with Crippen LogP contribution in [-0.4, -0.2) is 16.1 Å². The number of aromatic amines is 1. The van der Waals surface area contributed by atoms with E-state index >= 15 is 0 Å². The predicted octanol–water partition coefficient (Wildman–Crippen LogP) is 2.15. The van der Waals surface area contributed by atoms with Gasteiger partial charge < -0.3 is 5.32 Å². The Bertz CT molecular complexity index is 637. The molecule has 0 spiro atoms. The van der Waals surface area contributed by atoms with Crippen molar-refractivity contribution in [1.29, 1.82) is 5.26 Å². The fourth-order valence-electron chi connectivity index (χ4n) is 1.62. The molecule has 2 aromatic rings. The molecule has 5 heteroatoms. The van der Waals surface area contributed by atoms with Gasteiger partial charge in [0, 0.05) is 5.56 Å². The van der Waals surface area contributed by atoms with Crippen LogP contribution in [0.4, 0.5) is 5.82 Å². The van der Waals surface area contributed by atoms with Crippen LogP contribution in [0.1, 0.15) is 27.2 Å². The lowest BCUT2D eigenvalue weighted by atomic mass is 10.1. The van der Waals surface area contributed by atoms with E-state index in [1.54, 1.807) is 19.1 Å². The monoisotopic (exact) mass is 240 g/mol. The summed E-state index contributed by atoms with van der Waals surface area (Å²) in [5, 5.41) is 18.1. The smallest absolute Gasteiger partial charge is 0.256 e. The normalized spacial score (nSPS) is 9.83. The molecule has 5 nitrogen and oxygen atoms in total. The van der Waals surface area contributed by atoms with E-state index < -0.39 is 0 Å². The van der Waals surface area contributed by atoms with E-state index in [9.17, 15) is 4.79 Å². The summed E-state index contributed by atoms with van der Waals surface area (Å²) < 4.78 is 0. The van der Waals surface area contributed by atoms with Crippen LogP contribution in [0.25, 0.3) is 0 Å². The zero-order valence-corrected chi connectivity index (χ0v) is 10.1. The maximum absolute atomic E-state index is 12.0. The maximum Gasteiger partial charge on any atom is 0.256 e. The number of carbonyl (C=O) groups is 1. The van der Waals surface area contributed by atoms with Gasteiger partial charge in [-0.15, -0.1) is 0 Å². The molecule has 0 saturated carbocycles. The van der Waals surface area contributed by atoms with Gasteiger partial charge in [-0.3, -0.25) is 9.89 Å². The molecule has 0 bridgehead atoms. The molecule has 0 atom stereocenters. The zero-order chi connectivity index (χ0) is 13.1. The van der Waals surface area contributed by atoms with Crippen LogP contribution in [0.5, 0.6) is 0 Å². The van der Waals surface area contributed by atoms with Crippen LogP contribution in [-0.2, 0) is 0 Å². The average molecular weight is 240 g/mol. The molecular weight excluding hydrogens is 228 g/mol. The lowest BCUT2D eigenvalue weighted by Gasteiger charge is -2.03. The number of aryl methyl sites for hydroxylation is 2. The number of nitrogens with zero attached hydrogens (tertiary/aromatic N) is 2. The molecule has 18 heavy (non-hydrogen) atoms. The van der Waals surface area contributed by atoms with E-state index in [0.29, 0.717) is 16.8 Å². The number of rotatable bonds is 2. The highest BCUT2D eigenvalue weighted by Crippen LogP contribution is 2.15. The number of aromatic nitrogens is 2. The predicted molar refractivity (Wildman–Crippen MR) is 67.2 cm³/mol. The summed E-state index contributed by atoms with van der Waals surface area (Å²) in [6.45, 7) is 3.64. The fraction of sp³-hybridized carbons (Fsp3) is 0.154. The highest BCUT2D eigenvalue weighted by molar-refractivity contribution is 6.04. The van der Waals surface area contributed by atoms with Crippen LogP contribution >= 0.6 is 0 Å². The number of nitrogens with one attached hydrogen (secondary N) is 2. The van der Waals surface area contributed by atoms with E-state index in [4.69, 9.17) is 5.26 Å². The fourth-order valence-corrected chi connectivity index (χ4v) is 1.62. The molecule has 0 aliphatic heterocycles. The Morgan fingerprint density at radius 3 is 2.89 bits per heavy atom. The summed E-state index contributed by atoms with van der Waals surface area (Å²) in [6, 6.07) is 9.22. The third-order valence-corrected chi connectivity index (χ3v) is 2.57. The summed E-state index contributed by atoms with van der Waals surface area (Å²) in [7, 11) is 0. The number of benzene rings is 1. The minimum Gasteiger partial charge on any atom is -0.304 e. The molecule has 1 aromatic heterocycles. The van der Waals surface area contributed by atoms with E-state index in [2.05, 4.69) is 15.5 Å². The molecule has 0 fully saturated rings. The Morgan fingerprint density at radius 2 is 2.22 bits per heavy atom. The minimum absolute atomic E-state index is 0.265. The first kappa shape index (κ1) is 11.9. The van der Waals surface area contributed by atoms with E-state index in [-0.39, 0.29) is 11.7 Å². The quantitative estimate of drug-likeness (QED) is 0.843. The van der Waals surface area contributed by atoms with Gasteiger partial charge in [0.1, 0.15) is 11.6 Å². The molecule has 1 aromatic carbocycles. The molecule has 0 saturated heterocycles. The second kappa shape index (κ2) is 4.72. The van der Waals surface area contributed by atoms with E-state index in [0.717, 1.165) is 5.56 Å². The minimum atomic E-state index is -0.276. The molecule has 90 valence electrons. The van der Waals surface area contributed by atoms with Crippen LogP contribution in [0.3, 0.4) is 0 Å². The van der Waals surface area contributed by atoms with Crippen molar-refractivity contribution in [2.75, 3.05) is 5.32 Å².